The summed E-state index contributed by atoms with van der Waals surface area (Å²) < 4.78 is 6.14. The standard InChI is InChI=1S/C31H23Cl2NO3/c32-21-8-6-7-20(15-21)27-17-29(36)25(18-31(27,19-35)26-14-13-22(33)16-28(26)34)24-11-4-5-12-30(24)37-23-9-2-1-3-10-23/h1-16,18-19,27H,17,34H2/t27-,31-/m0/s1. The summed E-state index contributed by atoms with van der Waals surface area (Å²) in [6, 6.07) is 28.9. The van der Waals surface area contributed by atoms with Gasteiger partial charge in [0.25, 0.3) is 0 Å². The lowest BCUT2D eigenvalue weighted by Crippen LogP contribution is -2.39. The Morgan fingerprint density at radius 2 is 1.59 bits per heavy atom. The first-order chi connectivity index (χ1) is 17.9. The molecule has 5 rings (SSSR count). The molecule has 4 aromatic rings. The number of halogens is 2. The predicted molar refractivity (Wildman–Crippen MR) is 148 cm³/mol. The molecule has 6 heteroatoms. The zero-order valence-corrected chi connectivity index (χ0v) is 21.2. The lowest BCUT2D eigenvalue weighted by atomic mass is 9.61. The van der Waals surface area contributed by atoms with Crippen LogP contribution in [0, 0.1) is 0 Å². The number of allylic oxidation sites excluding steroid dienone is 2. The summed E-state index contributed by atoms with van der Waals surface area (Å²) in [5.74, 6) is 0.516. The van der Waals surface area contributed by atoms with Crippen molar-refractivity contribution in [2.75, 3.05) is 5.73 Å². The van der Waals surface area contributed by atoms with Crippen molar-refractivity contribution in [3.05, 3.63) is 130 Å². The number of anilines is 1. The van der Waals surface area contributed by atoms with E-state index >= 15 is 0 Å². The smallest absolute Gasteiger partial charge is 0.164 e. The predicted octanol–water partition coefficient (Wildman–Crippen LogP) is 7.64. The zero-order valence-electron chi connectivity index (χ0n) is 19.7. The van der Waals surface area contributed by atoms with E-state index in [1.54, 1.807) is 42.5 Å². The maximum absolute atomic E-state index is 13.7. The van der Waals surface area contributed by atoms with Crippen LogP contribution in [0.3, 0.4) is 0 Å². The molecule has 184 valence electrons. The van der Waals surface area contributed by atoms with Crippen molar-refractivity contribution in [2.24, 2.45) is 0 Å². The lowest BCUT2D eigenvalue weighted by molar-refractivity contribution is -0.116. The molecule has 0 fully saturated rings. The SMILES string of the molecule is Nc1cc(Cl)ccc1[C@@]1(C=O)C=C(c2ccccc2Oc2ccccc2)C(=O)C[C@H]1c1cccc(Cl)c1. The number of para-hydroxylation sites is 2. The van der Waals surface area contributed by atoms with Crippen molar-refractivity contribution in [1.29, 1.82) is 0 Å². The fourth-order valence-electron chi connectivity index (χ4n) is 5.00. The molecule has 0 bridgehead atoms. The summed E-state index contributed by atoms with van der Waals surface area (Å²) in [7, 11) is 0. The van der Waals surface area contributed by atoms with Gasteiger partial charge in [-0.3, -0.25) is 4.79 Å². The number of ketones is 1. The number of benzene rings is 4. The lowest BCUT2D eigenvalue weighted by Gasteiger charge is -2.39. The van der Waals surface area contributed by atoms with Gasteiger partial charge in [-0.05, 0) is 53.6 Å². The van der Waals surface area contributed by atoms with Crippen molar-refractivity contribution in [3.8, 4) is 11.5 Å². The third-order valence-electron chi connectivity index (χ3n) is 6.72. The van der Waals surface area contributed by atoms with Crippen LogP contribution >= 0.6 is 23.2 Å². The summed E-state index contributed by atoms with van der Waals surface area (Å²) in [5, 5.41) is 0.976. The highest BCUT2D eigenvalue weighted by Gasteiger charge is 2.46. The number of nitrogens with two attached hydrogens (primary N) is 1. The van der Waals surface area contributed by atoms with E-state index in [0.29, 0.717) is 43.9 Å². The van der Waals surface area contributed by atoms with Gasteiger partial charge in [0.1, 0.15) is 17.8 Å². The molecule has 1 aliphatic rings. The average Bonchev–Trinajstić information content (AvgIpc) is 2.90. The van der Waals surface area contributed by atoms with Crippen LogP contribution in [-0.4, -0.2) is 12.1 Å². The van der Waals surface area contributed by atoms with E-state index in [0.717, 1.165) is 11.8 Å². The van der Waals surface area contributed by atoms with Gasteiger partial charge in [-0.15, -0.1) is 0 Å². The van der Waals surface area contributed by atoms with Crippen molar-refractivity contribution >= 4 is 46.5 Å². The van der Waals surface area contributed by atoms with Crippen LogP contribution < -0.4 is 10.5 Å². The van der Waals surface area contributed by atoms with Gasteiger partial charge >= 0.3 is 0 Å². The molecule has 37 heavy (non-hydrogen) atoms. The summed E-state index contributed by atoms with van der Waals surface area (Å²) >= 11 is 12.5. The first-order valence-corrected chi connectivity index (χ1v) is 12.5. The van der Waals surface area contributed by atoms with Crippen LogP contribution in [0.4, 0.5) is 5.69 Å². The third kappa shape index (κ3) is 4.78. The van der Waals surface area contributed by atoms with E-state index in [1.807, 2.05) is 60.7 Å². The number of carbonyl (C=O) groups is 2. The van der Waals surface area contributed by atoms with Crippen LogP contribution in [0.1, 0.15) is 29.0 Å². The fourth-order valence-corrected chi connectivity index (χ4v) is 5.38. The number of hydrogen-bond acceptors (Lipinski definition) is 4. The van der Waals surface area contributed by atoms with Crippen molar-refractivity contribution in [3.63, 3.8) is 0 Å². The van der Waals surface area contributed by atoms with E-state index in [9.17, 15) is 9.59 Å². The number of aldehydes is 1. The van der Waals surface area contributed by atoms with Gasteiger partial charge in [0.2, 0.25) is 0 Å². The summed E-state index contributed by atoms with van der Waals surface area (Å²) in [6.07, 6.45) is 2.67. The number of ether oxygens (including phenoxy) is 1. The first-order valence-electron chi connectivity index (χ1n) is 11.8. The van der Waals surface area contributed by atoms with E-state index in [2.05, 4.69) is 0 Å². The van der Waals surface area contributed by atoms with Crippen LogP contribution in [-0.2, 0) is 15.0 Å². The van der Waals surface area contributed by atoms with Crippen LogP contribution in [0.25, 0.3) is 5.57 Å². The van der Waals surface area contributed by atoms with E-state index in [4.69, 9.17) is 33.7 Å². The molecule has 0 saturated heterocycles. The van der Waals surface area contributed by atoms with E-state index in [-0.39, 0.29) is 12.2 Å². The highest BCUT2D eigenvalue weighted by Crippen LogP contribution is 2.50. The third-order valence-corrected chi connectivity index (χ3v) is 7.19. The monoisotopic (exact) mass is 527 g/mol. The molecule has 0 unspecified atom stereocenters. The minimum absolute atomic E-state index is 0.0760. The Morgan fingerprint density at radius 1 is 0.865 bits per heavy atom. The van der Waals surface area contributed by atoms with Crippen molar-refractivity contribution in [2.45, 2.75) is 17.8 Å². The molecular weight excluding hydrogens is 505 g/mol. The van der Waals surface area contributed by atoms with E-state index < -0.39 is 11.3 Å². The average molecular weight is 528 g/mol. The molecule has 0 aliphatic heterocycles. The number of carbonyl (C=O) groups excluding carboxylic acids is 2. The minimum atomic E-state index is -1.25. The molecule has 4 aromatic carbocycles. The van der Waals surface area contributed by atoms with Gasteiger partial charge in [0, 0.05) is 39.2 Å². The maximum atomic E-state index is 13.7. The summed E-state index contributed by atoms with van der Waals surface area (Å²) in [4.78, 5) is 26.9. The van der Waals surface area contributed by atoms with Crippen LogP contribution in [0.15, 0.2) is 103 Å². The van der Waals surface area contributed by atoms with Gasteiger partial charge in [0.05, 0.1) is 5.41 Å². The Kier molecular flexibility index (Phi) is 6.88. The summed E-state index contributed by atoms with van der Waals surface area (Å²) in [5.41, 5.74) is 7.88. The van der Waals surface area contributed by atoms with Gasteiger partial charge < -0.3 is 15.3 Å². The fraction of sp³-hybridized carbons (Fsp3) is 0.0968. The highest BCUT2D eigenvalue weighted by atomic mass is 35.5. The Bertz CT molecular complexity index is 1520. The Balaban J connectivity index is 1.73. The minimum Gasteiger partial charge on any atom is -0.457 e. The Labute approximate surface area is 225 Å². The molecule has 0 amide bonds. The molecule has 0 heterocycles. The number of Topliss-reactive ketones (excluding diaryl/α,β-unsaturated/α-hetero) is 1. The topological polar surface area (TPSA) is 69.4 Å². The molecule has 0 spiro atoms. The van der Waals surface area contributed by atoms with Crippen molar-refractivity contribution in [1.82, 2.24) is 0 Å². The molecule has 1 aliphatic carbocycles. The number of rotatable bonds is 6. The molecule has 0 radical (unpaired) electrons. The molecule has 2 N–H and O–H groups in total. The van der Waals surface area contributed by atoms with Gasteiger partial charge in [0.15, 0.2) is 5.78 Å². The molecule has 0 saturated carbocycles. The number of hydrogen-bond donors (Lipinski definition) is 1. The largest absolute Gasteiger partial charge is 0.457 e. The molecule has 2 atom stereocenters. The Hall–Kier alpha value is -3.86. The first kappa shape index (κ1) is 24.8. The normalized spacial score (nSPS) is 19.2. The van der Waals surface area contributed by atoms with Crippen LogP contribution in [0.2, 0.25) is 10.0 Å². The van der Waals surface area contributed by atoms with Crippen LogP contribution in [0.5, 0.6) is 11.5 Å². The molecule has 0 aromatic heterocycles. The van der Waals surface area contributed by atoms with Crippen molar-refractivity contribution < 1.29 is 14.3 Å². The summed E-state index contributed by atoms with van der Waals surface area (Å²) in [6.45, 7) is 0. The van der Waals surface area contributed by atoms with Gasteiger partial charge in [-0.2, -0.15) is 0 Å². The number of nitrogen functional groups attached to an aromatic ring is 1. The van der Waals surface area contributed by atoms with E-state index in [1.165, 1.54) is 0 Å². The Morgan fingerprint density at radius 3 is 2.32 bits per heavy atom. The molecular formula is C31H23Cl2NO3. The highest BCUT2D eigenvalue weighted by molar-refractivity contribution is 6.31. The zero-order chi connectivity index (χ0) is 26.0. The second kappa shape index (κ2) is 10.3. The molecule has 4 nitrogen and oxygen atoms in total. The second-order valence-electron chi connectivity index (χ2n) is 8.99. The maximum Gasteiger partial charge on any atom is 0.164 e. The van der Waals surface area contributed by atoms with Gasteiger partial charge in [-0.25, -0.2) is 0 Å². The quantitative estimate of drug-likeness (QED) is 0.206. The van der Waals surface area contributed by atoms with Gasteiger partial charge in [-0.1, -0.05) is 83.9 Å². The second-order valence-corrected chi connectivity index (χ2v) is 9.86.